The molecule has 0 radical (unpaired) electrons. The first-order chi connectivity index (χ1) is 8.47. The molecule has 18 heavy (non-hydrogen) atoms. The highest BCUT2D eigenvalue weighted by molar-refractivity contribution is 5.84. The van der Waals surface area contributed by atoms with Crippen LogP contribution in [-0.2, 0) is 4.79 Å². The van der Waals surface area contributed by atoms with Gasteiger partial charge in [-0.2, -0.15) is 0 Å². The second-order valence-electron chi connectivity index (χ2n) is 5.89. The summed E-state index contributed by atoms with van der Waals surface area (Å²) in [6.07, 6.45) is 3.27. The molecule has 0 aromatic carbocycles. The Hall–Kier alpha value is -0.610. The fourth-order valence-corrected chi connectivity index (χ4v) is 2.56. The zero-order valence-corrected chi connectivity index (χ0v) is 12.6. The van der Waals surface area contributed by atoms with E-state index in [4.69, 9.17) is 0 Å². The zero-order chi connectivity index (χ0) is 13.7. The van der Waals surface area contributed by atoms with Crippen LogP contribution in [0.1, 0.15) is 40.0 Å². The van der Waals surface area contributed by atoms with Crippen LogP contribution in [-0.4, -0.2) is 55.1 Å². The number of carbonyl (C=O) groups excluding carboxylic acids is 1. The van der Waals surface area contributed by atoms with Gasteiger partial charge in [-0.1, -0.05) is 27.2 Å². The number of nitrogens with zero attached hydrogens (tertiary/aromatic N) is 2. The van der Waals surface area contributed by atoms with Gasteiger partial charge in [0.2, 0.25) is 5.91 Å². The van der Waals surface area contributed by atoms with E-state index in [1.165, 1.54) is 0 Å². The predicted octanol–water partition coefficient (Wildman–Crippen LogP) is 1.52. The molecule has 1 rings (SSSR count). The standard InChI is InChI=1S/C14H29N3O/c1-6-8-12-14(18)17(10-7-9-16(4)5)13(15-12)11(2)3/h11-13,15H,6-10H2,1-5H3. The van der Waals surface area contributed by atoms with E-state index in [0.717, 1.165) is 32.4 Å². The average molecular weight is 255 g/mol. The van der Waals surface area contributed by atoms with Crippen molar-refractivity contribution in [1.82, 2.24) is 15.1 Å². The summed E-state index contributed by atoms with van der Waals surface area (Å²) >= 11 is 0. The van der Waals surface area contributed by atoms with Crippen molar-refractivity contribution in [2.24, 2.45) is 5.92 Å². The van der Waals surface area contributed by atoms with E-state index >= 15 is 0 Å². The first-order valence-electron chi connectivity index (χ1n) is 7.18. The molecule has 0 aliphatic carbocycles. The first-order valence-corrected chi connectivity index (χ1v) is 7.18. The third-order valence-electron chi connectivity index (χ3n) is 3.50. The second-order valence-corrected chi connectivity index (χ2v) is 5.89. The average Bonchev–Trinajstić information content (AvgIpc) is 2.58. The minimum absolute atomic E-state index is 0.0433. The van der Waals surface area contributed by atoms with Crippen LogP contribution in [0.15, 0.2) is 0 Å². The van der Waals surface area contributed by atoms with Gasteiger partial charge in [0.05, 0.1) is 12.2 Å². The van der Waals surface area contributed by atoms with Gasteiger partial charge in [-0.25, -0.2) is 0 Å². The van der Waals surface area contributed by atoms with Crippen LogP contribution >= 0.6 is 0 Å². The van der Waals surface area contributed by atoms with Gasteiger partial charge in [0.15, 0.2) is 0 Å². The predicted molar refractivity (Wildman–Crippen MR) is 75.3 cm³/mol. The van der Waals surface area contributed by atoms with Crippen molar-refractivity contribution < 1.29 is 4.79 Å². The highest BCUT2D eigenvalue weighted by atomic mass is 16.2. The van der Waals surface area contributed by atoms with Crippen molar-refractivity contribution >= 4 is 5.91 Å². The minimum atomic E-state index is 0.0433. The quantitative estimate of drug-likeness (QED) is 0.749. The molecule has 1 saturated heterocycles. The van der Waals surface area contributed by atoms with Crippen molar-refractivity contribution in [3.63, 3.8) is 0 Å². The molecule has 1 aliphatic heterocycles. The third-order valence-corrected chi connectivity index (χ3v) is 3.50. The Balaban J connectivity index is 2.57. The van der Waals surface area contributed by atoms with Gasteiger partial charge in [0, 0.05) is 6.54 Å². The number of nitrogens with one attached hydrogen (secondary N) is 1. The Labute approximate surface area is 112 Å². The molecule has 0 aromatic rings. The van der Waals surface area contributed by atoms with E-state index in [1.54, 1.807) is 0 Å². The maximum atomic E-state index is 12.3. The second kappa shape index (κ2) is 7.10. The SMILES string of the molecule is CCCC1NC(C(C)C)N(CCCN(C)C)C1=O. The third kappa shape index (κ3) is 3.95. The lowest BCUT2D eigenvalue weighted by molar-refractivity contribution is -0.130. The van der Waals surface area contributed by atoms with Gasteiger partial charge >= 0.3 is 0 Å². The topological polar surface area (TPSA) is 35.6 Å². The molecule has 0 saturated carbocycles. The summed E-state index contributed by atoms with van der Waals surface area (Å²) in [6, 6.07) is 0.0433. The van der Waals surface area contributed by atoms with Crippen LogP contribution in [0.25, 0.3) is 0 Å². The van der Waals surface area contributed by atoms with Gasteiger partial charge < -0.3 is 9.80 Å². The fraction of sp³-hybridized carbons (Fsp3) is 0.929. The monoisotopic (exact) mass is 255 g/mol. The van der Waals surface area contributed by atoms with E-state index in [2.05, 4.69) is 50.0 Å². The minimum Gasteiger partial charge on any atom is -0.325 e. The van der Waals surface area contributed by atoms with Crippen molar-refractivity contribution in [3.8, 4) is 0 Å². The Morgan fingerprint density at radius 1 is 1.39 bits per heavy atom. The van der Waals surface area contributed by atoms with Crippen LogP contribution in [0.2, 0.25) is 0 Å². The molecule has 4 heteroatoms. The molecular formula is C14H29N3O. The molecule has 0 aromatic heterocycles. The number of carbonyl (C=O) groups is 1. The molecule has 0 spiro atoms. The normalized spacial score (nSPS) is 24.6. The Kier molecular flexibility index (Phi) is 6.09. The molecular weight excluding hydrogens is 226 g/mol. The van der Waals surface area contributed by atoms with E-state index < -0.39 is 0 Å². The number of amides is 1. The number of rotatable bonds is 7. The molecule has 2 unspecified atom stereocenters. The number of hydrogen-bond acceptors (Lipinski definition) is 3. The van der Waals surface area contributed by atoms with Crippen molar-refractivity contribution in [3.05, 3.63) is 0 Å². The molecule has 0 bridgehead atoms. The maximum absolute atomic E-state index is 12.3. The summed E-state index contributed by atoms with van der Waals surface area (Å²) < 4.78 is 0. The van der Waals surface area contributed by atoms with Gasteiger partial charge in [-0.3, -0.25) is 10.1 Å². The highest BCUT2D eigenvalue weighted by Crippen LogP contribution is 2.20. The van der Waals surface area contributed by atoms with Crippen LogP contribution < -0.4 is 5.32 Å². The molecule has 4 nitrogen and oxygen atoms in total. The zero-order valence-electron chi connectivity index (χ0n) is 12.6. The summed E-state index contributed by atoms with van der Waals surface area (Å²) in [5.41, 5.74) is 0. The molecule has 1 N–H and O–H groups in total. The largest absolute Gasteiger partial charge is 0.325 e. The van der Waals surface area contributed by atoms with Crippen LogP contribution in [0.5, 0.6) is 0 Å². The fourth-order valence-electron chi connectivity index (χ4n) is 2.56. The molecule has 1 aliphatic rings. The van der Waals surface area contributed by atoms with E-state index in [0.29, 0.717) is 11.8 Å². The van der Waals surface area contributed by atoms with Crippen LogP contribution in [0.3, 0.4) is 0 Å². The number of hydrogen-bond donors (Lipinski definition) is 1. The summed E-state index contributed by atoms with van der Waals surface area (Å²) in [6.45, 7) is 8.39. The molecule has 2 atom stereocenters. The van der Waals surface area contributed by atoms with Gasteiger partial charge in [-0.05, 0) is 39.4 Å². The van der Waals surface area contributed by atoms with Crippen LogP contribution in [0, 0.1) is 5.92 Å². The molecule has 106 valence electrons. The van der Waals surface area contributed by atoms with E-state index in [-0.39, 0.29) is 12.2 Å². The van der Waals surface area contributed by atoms with Crippen LogP contribution in [0.4, 0.5) is 0 Å². The summed E-state index contributed by atoms with van der Waals surface area (Å²) in [7, 11) is 4.15. The van der Waals surface area contributed by atoms with Crippen molar-refractivity contribution in [2.75, 3.05) is 27.2 Å². The molecule has 1 heterocycles. The highest BCUT2D eigenvalue weighted by Gasteiger charge is 2.38. The van der Waals surface area contributed by atoms with E-state index in [9.17, 15) is 4.79 Å². The lowest BCUT2D eigenvalue weighted by Gasteiger charge is -2.27. The Morgan fingerprint density at radius 2 is 2.06 bits per heavy atom. The van der Waals surface area contributed by atoms with Gasteiger partial charge in [-0.15, -0.1) is 0 Å². The van der Waals surface area contributed by atoms with E-state index in [1.807, 2.05) is 0 Å². The Morgan fingerprint density at radius 3 is 2.56 bits per heavy atom. The summed E-state index contributed by atoms with van der Waals surface area (Å²) in [4.78, 5) is 16.6. The maximum Gasteiger partial charge on any atom is 0.241 e. The Bertz CT molecular complexity index is 266. The first kappa shape index (κ1) is 15.4. The lowest BCUT2D eigenvalue weighted by Crippen LogP contribution is -2.42. The molecule has 1 amide bonds. The van der Waals surface area contributed by atoms with Gasteiger partial charge in [0.1, 0.15) is 0 Å². The summed E-state index contributed by atoms with van der Waals surface area (Å²) in [5.74, 6) is 0.768. The lowest BCUT2D eigenvalue weighted by atomic mass is 10.1. The van der Waals surface area contributed by atoms with Crippen molar-refractivity contribution in [2.45, 2.75) is 52.2 Å². The summed E-state index contributed by atoms with van der Waals surface area (Å²) in [5, 5.41) is 3.49. The smallest absolute Gasteiger partial charge is 0.241 e. The van der Waals surface area contributed by atoms with Gasteiger partial charge in [0.25, 0.3) is 0 Å². The van der Waals surface area contributed by atoms with Crippen molar-refractivity contribution in [1.29, 1.82) is 0 Å². The molecule has 1 fully saturated rings.